The summed E-state index contributed by atoms with van der Waals surface area (Å²) in [6.07, 6.45) is 3.50. The van der Waals surface area contributed by atoms with Gasteiger partial charge in [-0.3, -0.25) is 4.39 Å². The minimum Gasteiger partial charge on any atom is -0.483 e. The Hall–Kier alpha value is -2.12. The molecule has 0 radical (unpaired) electrons. The molecule has 0 aromatic rings. The Kier molecular flexibility index (Phi) is 16.6. The second kappa shape index (κ2) is 16.6. The van der Waals surface area contributed by atoms with Gasteiger partial charge in [0.15, 0.2) is 0 Å². The number of alkyl halides is 4. The van der Waals surface area contributed by atoms with Crippen molar-refractivity contribution < 1.29 is 31.8 Å². The summed E-state index contributed by atoms with van der Waals surface area (Å²) in [5.74, 6) is -1.52. The van der Waals surface area contributed by atoms with Crippen molar-refractivity contribution in [3.05, 3.63) is 75.6 Å². The molecule has 0 rings (SSSR count). The zero-order valence-electron chi connectivity index (χ0n) is 18.5. The number of rotatable bonds is 18. The number of ether oxygens (including phenoxy) is 3. The third-order valence-electron chi connectivity index (χ3n) is 3.77. The molecule has 31 heavy (non-hydrogen) atoms. The molecule has 0 saturated carbocycles. The fourth-order valence-electron chi connectivity index (χ4n) is 2.49. The number of hydrogen-bond donors (Lipinski definition) is 0. The average Bonchev–Trinajstić information content (AvgIpc) is 2.67. The molecule has 0 atom stereocenters. The molecule has 0 aromatic heterocycles. The molecular formula is C24H36F4O3. The van der Waals surface area contributed by atoms with E-state index >= 15 is 0 Å². The van der Waals surface area contributed by atoms with Crippen LogP contribution in [0.3, 0.4) is 0 Å². The van der Waals surface area contributed by atoms with Gasteiger partial charge < -0.3 is 14.2 Å². The van der Waals surface area contributed by atoms with Crippen LogP contribution in [0.15, 0.2) is 75.6 Å². The Labute approximate surface area is 184 Å². The summed E-state index contributed by atoms with van der Waals surface area (Å²) in [4.78, 5) is 0. The van der Waals surface area contributed by atoms with Crippen LogP contribution in [0.1, 0.15) is 39.0 Å². The fourth-order valence-corrected chi connectivity index (χ4v) is 2.49. The van der Waals surface area contributed by atoms with Crippen molar-refractivity contribution in [3.63, 3.8) is 0 Å². The third kappa shape index (κ3) is 12.4. The van der Waals surface area contributed by atoms with Crippen LogP contribution in [0.4, 0.5) is 17.6 Å². The van der Waals surface area contributed by atoms with Crippen LogP contribution < -0.4 is 0 Å². The van der Waals surface area contributed by atoms with Crippen LogP contribution >= 0.6 is 0 Å². The lowest BCUT2D eigenvalue weighted by atomic mass is 9.93. The lowest BCUT2D eigenvalue weighted by Gasteiger charge is -2.38. The second-order valence-corrected chi connectivity index (χ2v) is 6.66. The van der Waals surface area contributed by atoms with E-state index in [2.05, 4.69) is 44.2 Å². The van der Waals surface area contributed by atoms with Gasteiger partial charge in [0.1, 0.15) is 0 Å². The number of hydrogen-bond acceptors (Lipinski definition) is 3. The summed E-state index contributed by atoms with van der Waals surface area (Å²) >= 11 is 0. The lowest BCUT2D eigenvalue weighted by Crippen LogP contribution is -2.51. The Morgan fingerprint density at radius 2 is 1.29 bits per heavy atom. The van der Waals surface area contributed by atoms with Crippen molar-refractivity contribution in [2.45, 2.75) is 56.6 Å². The normalized spacial score (nSPS) is 11.5. The molecule has 0 aliphatic heterocycles. The topological polar surface area (TPSA) is 27.7 Å². The predicted octanol–water partition coefficient (Wildman–Crippen LogP) is 7.40. The first-order valence-electron chi connectivity index (χ1n) is 9.83. The molecule has 0 heterocycles. The maximum atomic E-state index is 14.2. The molecule has 0 N–H and O–H groups in total. The van der Waals surface area contributed by atoms with E-state index in [1.165, 1.54) is 37.3 Å². The molecule has 7 heteroatoms. The van der Waals surface area contributed by atoms with Gasteiger partial charge in [-0.25, -0.2) is 4.39 Å². The van der Waals surface area contributed by atoms with E-state index in [-0.39, 0.29) is 51.1 Å². The van der Waals surface area contributed by atoms with Gasteiger partial charge in [0.2, 0.25) is 11.5 Å². The predicted molar refractivity (Wildman–Crippen MR) is 119 cm³/mol. The molecule has 0 aliphatic carbocycles. The quantitative estimate of drug-likeness (QED) is 0.0946. The highest BCUT2D eigenvalue weighted by Gasteiger charge is 2.56. The van der Waals surface area contributed by atoms with Gasteiger partial charge in [0, 0.05) is 25.7 Å². The van der Waals surface area contributed by atoms with Crippen LogP contribution in [0.2, 0.25) is 0 Å². The highest BCUT2D eigenvalue weighted by molar-refractivity contribution is 5.02. The zero-order valence-corrected chi connectivity index (χ0v) is 18.5. The molecular weight excluding hydrogens is 412 g/mol. The highest BCUT2D eigenvalue weighted by Crippen LogP contribution is 2.41. The molecule has 0 aromatic carbocycles. The molecule has 3 nitrogen and oxygen atoms in total. The molecule has 0 aliphatic rings. The van der Waals surface area contributed by atoms with Gasteiger partial charge in [0.25, 0.3) is 0 Å². The van der Waals surface area contributed by atoms with Crippen molar-refractivity contribution >= 4 is 0 Å². The summed E-state index contributed by atoms with van der Waals surface area (Å²) in [7, 11) is 0. The molecule has 0 fully saturated rings. The Morgan fingerprint density at radius 3 is 1.65 bits per heavy atom. The van der Waals surface area contributed by atoms with Gasteiger partial charge in [-0.2, -0.15) is 8.78 Å². The van der Waals surface area contributed by atoms with Crippen LogP contribution in [0.5, 0.6) is 0 Å². The standard InChI is InChI=1S/C14H21F3O2.C10H15FO/c1-5-8-13(9-6-2,19-12(3)4)14(16,17)18-11-7-10-15;1-4-7-10(11,8-5-2)12-9-6-3/h5-6H,1-3,7-11H2,4H3;4-6H,1-3,7-9H2. The fraction of sp³-hybridized carbons (Fsp3) is 0.500. The summed E-state index contributed by atoms with van der Waals surface area (Å²) in [5, 5.41) is 0. The first-order valence-corrected chi connectivity index (χ1v) is 9.83. The van der Waals surface area contributed by atoms with Crippen molar-refractivity contribution in [1.29, 1.82) is 0 Å². The third-order valence-corrected chi connectivity index (χ3v) is 3.77. The minimum absolute atomic E-state index is 0.0963. The van der Waals surface area contributed by atoms with Gasteiger partial charge in [0.05, 0.1) is 25.6 Å². The van der Waals surface area contributed by atoms with E-state index in [0.29, 0.717) is 0 Å². The SMILES string of the molecule is C=CCC(CC=C)(OC(=C)C)C(F)(F)OCCCF.C=CCOC(F)(CC=C)CC=C. The van der Waals surface area contributed by atoms with E-state index in [9.17, 15) is 17.6 Å². The lowest BCUT2D eigenvalue weighted by molar-refractivity contribution is -0.332. The first kappa shape index (κ1) is 31.1. The molecule has 0 spiro atoms. The molecule has 0 saturated heterocycles. The molecule has 0 amide bonds. The van der Waals surface area contributed by atoms with Crippen molar-refractivity contribution in [2.24, 2.45) is 0 Å². The highest BCUT2D eigenvalue weighted by atomic mass is 19.3. The van der Waals surface area contributed by atoms with Crippen molar-refractivity contribution in [2.75, 3.05) is 19.9 Å². The average molecular weight is 449 g/mol. The van der Waals surface area contributed by atoms with Crippen LogP contribution in [0, 0.1) is 0 Å². The Balaban J connectivity index is 0. The van der Waals surface area contributed by atoms with Gasteiger partial charge >= 0.3 is 6.11 Å². The maximum Gasteiger partial charge on any atom is 0.395 e. The summed E-state index contributed by atoms with van der Waals surface area (Å²) < 4.78 is 68.6. The van der Waals surface area contributed by atoms with Crippen molar-refractivity contribution in [1.82, 2.24) is 0 Å². The monoisotopic (exact) mass is 448 g/mol. The van der Waals surface area contributed by atoms with Gasteiger partial charge in [-0.05, 0) is 13.3 Å². The van der Waals surface area contributed by atoms with Gasteiger partial charge in [-0.1, -0.05) is 37.0 Å². The largest absolute Gasteiger partial charge is 0.483 e. The van der Waals surface area contributed by atoms with Crippen LogP contribution in [0.25, 0.3) is 0 Å². The summed E-state index contributed by atoms with van der Waals surface area (Å²) in [6.45, 7) is 21.3. The van der Waals surface area contributed by atoms with E-state index < -0.39 is 24.2 Å². The summed E-state index contributed by atoms with van der Waals surface area (Å²) in [6, 6.07) is 0. The van der Waals surface area contributed by atoms with E-state index in [4.69, 9.17) is 9.47 Å². The van der Waals surface area contributed by atoms with E-state index in [1.54, 1.807) is 0 Å². The maximum absolute atomic E-state index is 14.2. The van der Waals surface area contributed by atoms with Gasteiger partial charge in [-0.15, -0.1) is 32.9 Å². The smallest absolute Gasteiger partial charge is 0.395 e. The second-order valence-electron chi connectivity index (χ2n) is 6.66. The number of halogens is 4. The molecule has 178 valence electrons. The molecule has 0 unspecified atom stereocenters. The first-order chi connectivity index (χ1) is 14.5. The van der Waals surface area contributed by atoms with Crippen LogP contribution in [-0.4, -0.2) is 37.5 Å². The number of allylic oxidation sites excluding steroid dienone is 1. The summed E-state index contributed by atoms with van der Waals surface area (Å²) in [5.41, 5.74) is -1.95. The Morgan fingerprint density at radius 1 is 0.806 bits per heavy atom. The van der Waals surface area contributed by atoms with Crippen molar-refractivity contribution in [3.8, 4) is 0 Å². The zero-order chi connectivity index (χ0) is 24.4. The molecule has 0 bridgehead atoms. The Bertz CT molecular complexity index is 553. The van der Waals surface area contributed by atoms with Crippen LogP contribution in [-0.2, 0) is 14.2 Å². The van der Waals surface area contributed by atoms with E-state index in [1.807, 2.05) is 0 Å². The van der Waals surface area contributed by atoms with E-state index in [0.717, 1.165) is 0 Å². The minimum atomic E-state index is -3.59.